The van der Waals surface area contributed by atoms with Crippen LogP contribution in [0.1, 0.15) is 0 Å². The van der Waals surface area contributed by atoms with Crippen molar-refractivity contribution >= 4 is 51.7 Å². The van der Waals surface area contributed by atoms with Crippen LogP contribution in [-0.4, -0.2) is 62.2 Å². The van der Waals surface area contributed by atoms with Gasteiger partial charge in [0.05, 0.1) is 0 Å². The molecule has 0 aromatic heterocycles. The molecule has 0 bridgehead atoms. The predicted molar refractivity (Wildman–Crippen MR) is 25.1 cm³/mol. The summed E-state index contributed by atoms with van der Waals surface area (Å²) in [4.78, 5) is 0. The average molecular weight is 270 g/mol. The van der Waals surface area contributed by atoms with Gasteiger partial charge in [-0.15, -0.1) is 0 Å². The van der Waals surface area contributed by atoms with Gasteiger partial charge in [-0.05, 0) is 0 Å². The van der Waals surface area contributed by atoms with E-state index in [1.165, 1.54) is 0 Å². The van der Waals surface area contributed by atoms with Crippen LogP contribution in [0, 0.1) is 0 Å². The molecule has 0 fully saturated rings. The molecule has 0 aliphatic heterocycles. The fraction of sp³-hybridized carbons (Fsp3) is 0. The fourth-order valence-corrected chi connectivity index (χ4v) is 0. The molecule has 0 radical (unpaired) electrons. The Hall–Kier alpha value is 1.66. The molecule has 26 valence electrons. The molecule has 0 aliphatic carbocycles. The molecule has 0 atom stereocenters. The molecule has 4 heavy (non-hydrogen) atoms. The first kappa shape index (κ1) is 17.4. The van der Waals surface area contributed by atoms with Crippen molar-refractivity contribution in [3.8, 4) is 0 Å². The molecule has 0 unspecified atom stereocenters. The van der Waals surface area contributed by atoms with Crippen LogP contribution >= 0.6 is 0 Å². The van der Waals surface area contributed by atoms with Crippen LogP contribution in [0.2, 0.25) is 0 Å². The molecule has 2 nitrogen and oxygen atoms in total. The van der Waals surface area contributed by atoms with Gasteiger partial charge in [0, 0.05) is 0 Å². The van der Waals surface area contributed by atoms with Gasteiger partial charge < -0.3 is 0 Å². The minimum absolute atomic E-state index is 0. The van der Waals surface area contributed by atoms with Gasteiger partial charge in [-0.3, -0.25) is 10.5 Å². The Bertz CT molecular complexity index is 4.00. The maximum atomic E-state index is 6.00. The fourth-order valence-electron chi connectivity index (χ4n) is 0. The van der Waals surface area contributed by atoms with Crippen molar-refractivity contribution in [1.82, 2.24) is 0 Å². The monoisotopic (exact) mass is 270 g/mol. The van der Waals surface area contributed by atoms with E-state index in [2.05, 4.69) is 0 Å². The van der Waals surface area contributed by atoms with Crippen molar-refractivity contribution in [2.45, 2.75) is 0 Å². The van der Waals surface area contributed by atoms with Crippen molar-refractivity contribution in [2.24, 2.45) is 0 Å². The molecule has 0 heterocycles. The Kier molecular flexibility index (Phi) is 98.4. The van der Waals surface area contributed by atoms with E-state index in [0.29, 0.717) is 0 Å². The second-order valence-electron chi connectivity index (χ2n) is 0. The van der Waals surface area contributed by atoms with Crippen LogP contribution in [0.3, 0.4) is 0 Å². The molecule has 0 aromatic rings. The summed E-state index contributed by atoms with van der Waals surface area (Å²) >= 11 is 0. The van der Waals surface area contributed by atoms with E-state index in [-0.39, 0.29) is 51.7 Å². The Morgan fingerprint density at radius 2 is 0.750 bits per heavy atom. The summed E-state index contributed by atoms with van der Waals surface area (Å²) in [5, 5.41) is 12.0. The first-order valence-electron chi connectivity index (χ1n) is 0.200. The van der Waals surface area contributed by atoms with E-state index < -0.39 is 0 Å². The number of rotatable bonds is 0. The Balaban J connectivity index is -0.00000000500. The molecule has 0 rings (SSSR count). The normalized spacial score (nSPS) is 1.50. The van der Waals surface area contributed by atoms with Crippen LogP contribution in [0.15, 0.2) is 0 Å². The molecule has 0 saturated heterocycles. The van der Waals surface area contributed by atoms with Gasteiger partial charge in [-0.2, -0.15) is 0 Å². The van der Waals surface area contributed by atoms with E-state index in [4.69, 9.17) is 10.5 Å². The standard InChI is InChI=1S/2In.H2O2.6H/c;;1-2;;;;;;/h;;1-2H;;;;;;. The van der Waals surface area contributed by atoms with Gasteiger partial charge in [-0.1, -0.05) is 0 Å². The van der Waals surface area contributed by atoms with Gasteiger partial charge in [0.2, 0.25) is 0 Å². The second-order valence-corrected chi connectivity index (χ2v) is 0. The van der Waals surface area contributed by atoms with Crippen molar-refractivity contribution in [2.75, 3.05) is 0 Å². The number of hydrogen-bond acceptors (Lipinski definition) is 2. The average Bonchev–Trinajstić information content (AvgIpc) is 1.00. The molecule has 4 heteroatoms. The molecule has 0 aliphatic rings. The van der Waals surface area contributed by atoms with Crippen molar-refractivity contribution < 1.29 is 10.5 Å². The van der Waals surface area contributed by atoms with Gasteiger partial charge >= 0.3 is 51.7 Å². The molecule has 0 saturated carbocycles. The van der Waals surface area contributed by atoms with Crippen molar-refractivity contribution in [1.29, 1.82) is 0 Å². The Morgan fingerprint density at radius 1 is 0.750 bits per heavy atom. The Labute approximate surface area is 61.7 Å². The van der Waals surface area contributed by atoms with Crippen LogP contribution in [-0.2, 0) is 0 Å². The molecular formula is H8In2O2. The van der Waals surface area contributed by atoms with Crippen LogP contribution in [0.5, 0.6) is 0 Å². The van der Waals surface area contributed by atoms with E-state index in [9.17, 15) is 0 Å². The summed E-state index contributed by atoms with van der Waals surface area (Å²) in [5.74, 6) is 0. The van der Waals surface area contributed by atoms with E-state index in [1.807, 2.05) is 0 Å². The molecule has 0 spiro atoms. The third-order valence-electron chi connectivity index (χ3n) is 0. The van der Waals surface area contributed by atoms with Gasteiger partial charge in [0.15, 0.2) is 0 Å². The van der Waals surface area contributed by atoms with Crippen LogP contribution < -0.4 is 0 Å². The zero-order chi connectivity index (χ0) is 2.00. The summed E-state index contributed by atoms with van der Waals surface area (Å²) in [6.45, 7) is 0. The van der Waals surface area contributed by atoms with E-state index >= 15 is 0 Å². The molecule has 0 aromatic carbocycles. The second kappa shape index (κ2) is 22.7. The van der Waals surface area contributed by atoms with Crippen LogP contribution in [0.25, 0.3) is 0 Å². The topological polar surface area (TPSA) is 40.5 Å². The Morgan fingerprint density at radius 3 is 0.750 bits per heavy atom. The summed E-state index contributed by atoms with van der Waals surface area (Å²) in [7, 11) is 0. The van der Waals surface area contributed by atoms with Crippen molar-refractivity contribution in [3.63, 3.8) is 0 Å². The minimum atomic E-state index is 0. The zero-order valence-electron chi connectivity index (χ0n) is 0.894. The molecule has 2 N–H and O–H groups in total. The van der Waals surface area contributed by atoms with Crippen LogP contribution in [0.4, 0.5) is 0 Å². The molecular weight excluding hydrogens is 262 g/mol. The first-order chi connectivity index (χ1) is 1.00. The summed E-state index contributed by atoms with van der Waals surface area (Å²) in [6, 6.07) is 0. The predicted octanol–water partition coefficient (Wildman–Crippen LogP) is -2.35. The summed E-state index contributed by atoms with van der Waals surface area (Å²) < 4.78 is 0. The zero-order valence-corrected chi connectivity index (χ0v) is 0.894. The van der Waals surface area contributed by atoms with E-state index in [0.717, 1.165) is 0 Å². The summed E-state index contributed by atoms with van der Waals surface area (Å²) in [5.41, 5.74) is 0. The van der Waals surface area contributed by atoms with Gasteiger partial charge in [0.1, 0.15) is 0 Å². The molecule has 0 amide bonds. The number of hydrogen-bond donors (Lipinski definition) is 2. The third kappa shape index (κ3) is 9.40. The SMILES string of the molecule is OO.[InH3].[InH3]. The first-order valence-corrected chi connectivity index (χ1v) is 0.200. The third-order valence-corrected chi connectivity index (χ3v) is 0. The summed E-state index contributed by atoms with van der Waals surface area (Å²) in [6.07, 6.45) is 0. The van der Waals surface area contributed by atoms with Gasteiger partial charge in [0.25, 0.3) is 0 Å². The van der Waals surface area contributed by atoms with E-state index in [1.54, 1.807) is 0 Å². The van der Waals surface area contributed by atoms with Crippen molar-refractivity contribution in [3.05, 3.63) is 0 Å². The van der Waals surface area contributed by atoms with Gasteiger partial charge in [-0.25, -0.2) is 0 Å². The maximum absolute atomic E-state index is 6.00. The quantitative estimate of drug-likeness (QED) is 0.382.